The van der Waals surface area contributed by atoms with Gasteiger partial charge in [0, 0.05) is 36.3 Å². The highest BCUT2D eigenvalue weighted by atomic mass is 16.5. The molecule has 2 aliphatic heterocycles. The second-order valence-corrected chi connectivity index (χ2v) is 11.9. The third-order valence-corrected chi connectivity index (χ3v) is 10.5. The van der Waals surface area contributed by atoms with E-state index in [-0.39, 0.29) is 23.0 Å². The zero-order valence-electron chi connectivity index (χ0n) is 19.5. The molecule has 2 saturated carbocycles. The quantitative estimate of drug-likeness (QED) is 0.587. The molecule has 6 rings (SSSR count). The number of Topliss-reactive ketones (excluding diaryl/α,β-unsaturated/α-hetero) is 2. The number of piperidine rings is 1. The number of nitrogens with one attached hydrogen (secondary N) is 1. The topological polar surface area (TPSA) is 55.4 Å². The van der Waals surface area contributed by atoms with Crippen molar-refractivity contribution in [2.75, 3.05) is 6.54 Å². The van der Waals surface area contributed by atoms with Gasteiger partial charge in [0.25, 0.3) is 0 Å². The molecule has 0 aromatic rings. The Morgan fingerprint density at radius 2 is 2.00 bits per heavy atom. The van der Waals surface area contributed by atoms with E-state index >= 15 is 0 Å². The van der Waals surface area contributed by atoms with Crippen LogP contribution in [0.2, 0.25) is 0 Å². The molecule has 2 heterocycles. The Balaban J connectivity index is 1.39. The van der Waals surface area contributed by atoms with Crippen molar-refractivity contribution in [2.45, 2.75) is 90.4 Å². The van der Waals surface area contributed by atoms with Crippen LogP contribution >= 0.6 is 0 Å². The molecule has 0 aromatic heterocycles. The predicted octanol–water partition coefficient (Wildman–Crippen LogP) is 4.39. The van der Waals surface area contributed by atoms with E-state index in [9.17, 15) is 9.59 Å². The van der Waals surface area contributed by atoms with Gasteiger partial charge in [0.15, 0.2) is 5.78 Å². The Morgan fingerprint density at radius 1 is 1.19 bits per heavy atom. The number of carbonyl (C=O) groups excluding carboxylic acids is 2. The van der Waals surface area contributed by atoms with Gasteiger partial charge in [-0.3, -0.25) is 9.59 Å². The summed E-state index contributed by atoms with van der Waals surface area (Å²) in [5.41, 5.74) is 3.21. The lowest BCUT2D eigenvalue weighted by Crippen LogP contribution is -2.49. The van der Waals surface area contributed by atoms with E-state index in [0.717, 1.165) is 44.2 Å². The molecule has 4 heteroatoms. The molecule has 4 fully saturated rings. The van der Waals surface area contributed by atoms with E-state index in [1.54, 1.807) is 0 Å². The molecule has 1 spiro atoms. The Hall–Kier alpha value is -1.26. The van der Waals surface area contributed by atoms with Gasteiger partial charge in [-0.25, -0.2) is 0 Å². The van der Waals surface area contributed by atoms with Gasteiger partial charge in [-0.15, -0.1) is 0 Å². The average molecular weight is 424 g/mol. The lowest BCUT2D eigenvalue weighted by molar-refractivity contribution is -0.126. The molecule has 9 atom stereocenters. The van der Waals surface area contributed by atoms with E-state index in [0.29, 0.717) is 54.1 Å². The van der Waals surface area contributed by atoms with Crippen molar-refractivity contribution in [1.82, 2.24) is 5.32 Å². The maximum Gasteiger partial charge on any atom is 0.163 e. The van der Waals surface area contributed by atoms with Crippen LogP contribution in [0, 0.1) is 35.0 Å². The predicted molar refractivity (Wildman–Crippen MR) is 119 cm³/mol. The van der Waals surface area contributed by atoms with Gasteiger partial charge < -0.3 is 10.1 Å². The molecule has 6 aliphatic rings. The van der Waals surface area contributed by atoms with E-state index in [1.807, 2.05) is 0 Å². The first kappa shape index (κ1) is 20.4. The summed E-state index contributed by atoms with van der Waals surface area (Å²) in [4.78, 5) is 26.2. The highest BCUT2D eigenvalue weighted by molar-refractivity contribution is 6.03. The number of hydrogen-bond donors (Lipinski definition) is 1. The van der Waals surface area contributed by atoms with Crippen molar-refractivity contribution in [1.29, 1.82) is 0 Å². The fraction of sp³-hybridized carbons (Fsp3) is 0.778. The number of rotatable bonds is 0. The largest absolute Gasteiger partial charge is 0.365 e. The van der Waals surface area contributed by atoms with Crippen molar-refractivity contribution in [3.8, 4) is 0 Å². The molecule has 1 N–H and O–H groups in total. The minimum absolute atomic E-state index is 0.0582. The highest BCUT2D eigenvalue weighted by Gasteiger charge is 2.63. The van der Waals surface area contributed by atoms with E-state index in [4.69, 9.17) is 4.74 Å². The third kappa shape index (κ3) is 2.55. The Bertz CT molecular complexity index is 917. The molecular formula is C27H37NO3. The van der Waals surface area contributed by atoms with Gasteiger partial charge in [0.05, 0.1) is 11.7 Å². The highest BCUT2D eigenvalue weighted by Crippen LogP contribution is 2.63. The number of carbonyl (C=O) groups is 2. The Morgan fingerprint density at radius 3 is 2.81 bits per heavy atom. The van der Waals surface area contributed by atoms with Crippen LogP contribution in [0.4, 0.5) is 0 Å². The molecule has 0 aromatic carbocycles. The van der Waals surface area contributed by atoms with Crippen LogP contribution in [0.5, 0.6) is 0 Å². The minimum Gasteiger partial charge on any atom is -0.365 e. The molecule has 31 heavy (non-hydrogen) atoms. The number of hydrogen-bond acceptors (Lipinski definition) is 4. The van der Waals surface area contributed by atoms with Crippen LogP contribution in [-0.2, 0) is 14.3 Å². The molecule has 0 bridgehead atoms. The summed E-state index contributed by atoms with van der Waals surface area (Å²) in [5, 5.41) is 3.77. The Kier molecular flexibility index (Phi) is 4.36. The van der Waals surface area contributed by atoms with Crippen molar-refractivity contribution < 1.29 is 14.3 Å². The normalized spacial score (nSPS) is 51.4. The van der Waals surface area contributed by atoms with Gasteiger partial charge >= 0.3 is 0 Å². The molecule has 2 saturated heterocycles. The van der Waals surface area contributed by atoms with E-state index in [1.165, 1.54) is 11.1 Å². The monoisotopic (exact) mass is 423 g/mol. The summed E-state index contributed by atoms with van der Waals surface area (Å²) in [6.07, 6.45) is 8.82. The van der Waals surface area contributed by atoms with Gasteiger partial charge in [-0.05, 0) is 74.3 Å². The van der Waals surface area contributed by atoms with E-state index < -0.39 is 0 Å². The summed E-state index contributed by atoms with van der Waals surface area (Å²) in [5.74, 6) is 2.61. The van der Waals surface area contributed by atoms with Gasteiger partial charge in [0.2, 0.25) is 0 Å². The SMILES string of the molecule is CC1=C2C(=O)[C@H]3[C@@H](CC=C4CC(=O)CC[C@@]43C)[C@@H]2CC[C@]12O[C@@H]1C[C@H](C)CN[C@H]1[C@H]2C. The van der Waals surface area contributed by atoms with Gasteiger partial charge in [0.1, 0.15) is 5.78 Å². The average Bonchev–Trinajstić information content (AvgIpc) is 3.18. The standard InChI is InChI=1S/C27H37NO3/c1-14-11-21-24(28-13-14)16(3)27(31-21)10-8-19-20-6-5-17-12-18(29)7-9-26(17,4)23(20)25(30)22(19)15(27)2/h5,14,16,19-21,23-24,28H,6-13H2,1-4H3/t14-,16+,19-,20-,21+,23+,24-,26-,27-/m0/s1. The van der Waals surface area contributed by atoms with Crippen molar-refractivity contribution in [2.24, 2.45) is 35.0 Å². The smallest absolute Gasteiger partial charge is 0.163 e. The number of fused-ring (bicyclic) bond motifs is 6. The van der Waals surface area contributed by atoms with Gasteiger partial charge in [-0.2, -0.15) is 0 Å². The number of ketones is 2. The first-order valence-corrected chi connectivity index (χ1v) is 12.6. The summed E-state index contributed by atoms with van der Waals surface area (Å²) in [6, 6.07) is 0.400. The lowest BCUT2D eigenvalue weighted by Gasteiger charge is -2.46. The number of allylic oxidation sites excluding steroid dienone is 3. The maximum absolute atomic E-state index is 14.1. The second kappa shape index (κ2) is 6.63. The summed E-state index contributed by atoms with van der Waals surface area (Å²) >= 11 is 0. The van der Waals surface area contributed by atoms with E-state index in [2.05, 4.69) is 39.1 Å². The van der Waals surface area contributed by atoms with Crippen LogP contribution in [0.15, 0.2) is 22.8 Å². The minimum atomic E-state index is -0.277. The zero-order chi connectivity index (χ0) is 21.7. The summed E-state index contributed by atoms with van der Waals surface area (Å²) in [7, 11) is 0. The first-order chi connectivity index (χ1) is 14.8. The van der Waals surface area contributed by atoms with Crippen molar-refractivity contribution in [3.05, 3.63) is 22.8 Å². The fourth-order valence-corrected chi connectivity index (χ4v) is 8.76. The fourth-order valence-electron chi connectivity index (χ4n) is 8.76. The second-order valence-electron chi connectivity index (χ2n) is 11.9. The molecule has 4 nitrogen and oxygen atoms in total. The Labute approximate surface area is 186 Å². The zero-order valence-corrected chi connectivity index (χ0v) is 19.5. The summed E-state index contributed by atoms with van der Waals surface area (Å²) in [6.45, 7) is 10.2. The third-order valence-electron chi connectivity index (χ3n) is 10.5. The molecule has 168 valence electrons. The van der Waals surface area contributed by atoms with Crippen molar-refractivity contribution in [3.63, 3.8) is 0 Å². The van der Waals surface area contributed by atoms with Crippen LogP contribution in [0.1, 0.15) is 72.6 Å². The van der Waals surface area contributed by atoms with Crippen LogP contribution in [0.25, 0.3) is 0 Å². The first-order valence-electron chi connectivity index (χ1n) is 12.6. The molecule has 4 aliphatic carbocycles. The summed E-state index contributed by atoms with van der Waals surface area (Å²) < 4.78 is 6.91. The molecule has 0 amide bonds. The lowest BCUT2D eigenvalue weighted by atomic mass is 9.56. The molecule has 0 unspecified atom stereocenters. The van der Waals surface area contributed by atoms with Gasteiger partial charge in [-0.1, -0.05) is 32.4 Å². The van der Waals surface area contributed by atoms with Crippen LogP contribution in [-0.4, -0.2) is 35.9 Å². The molecule has 0 radical (unpaired) electrons. The van der Waals surface area contributed by atoms with Crippen molar-refractivity contribution >= 4 is 11.6 Å². The van der Waals surface area contributed by atoms with Crippen LogP contribution in [0.3, 0.4) is 0 Å². The maximum atomic E-state index is 14.1. The molecular weight excluding hydrogens is 386 g/mol. The van der Waals surface area contributed by atoms with Crippen LogP contribution < -0.4 is 5.32 Å². The number of ether oxygens (including phenoxy) is 1.